The predicted molar refractivity (Wildman–Crippen MR) is 143 cm³/mol. The summed E-state index contributed by atoms with van der Waals surface area (Å²) < 4.78 is 41.1. The van der Waals surface area contributed by atoms with Gasteiger partial charge in [0.15, 0.2) is 6.73 Å². The van der Waals surface area contributed by atoms with E-state index >= 15 is 0 Å². The van der Waals surface area contributed by atoms with Gasteiger partial charge in [-0.3, -0.25) is 14.2 Å². The van der Waals surface area contributed by atoms with Crippen molar-refractivity contribution in [3.63, 3.8) is 0 Å². The van der Waals surface area contributed by atoms with Crippen LogP contribution < -0.4 is 10.9 Å². The number of hydrogen-bond donors (Lipinski definition) is 1. The van der Waals surface area contributed by atoms with Crippen LogP contribution in [-0.2, 0) is 37.6 Å². The van der Waals surface area contributed by atoms with Crippen LogP contribution in [0.4, 0.5) is 4.79 Å². The summed E-state index contributed by atoms with van der Waals surface area (Å²) in [6, 6.07) is 15.1. The fraction of sp³-hybridized carbons (Fsp3) is 0.393. The van der Waals surface area contributed by atoms with E-state index in [4.69, 9.17) is 9.47 Å². The molecule has 1 N–H and O–H groups in total. The molecule has 3 aromatic rings. The molecule has 1 aromatic heterocycles. The van der Waals surface area contributed by atoms with Gasteiger partial charge in [0.25, 0.3) is 5.56 Å². The number of alkyl carbamates (subject to hydrolysis) is 1. The van der Waals surface area contributed by atoms with Crippen molar-refractivity contribution in [2.45, 2.75) is 68.8 Å². The summed E-state index contributed by atoms with van der Waals surface area (Å²) in [5.41, 5.74) is -0.300. The molecular weight excluding hydrogens is 522 g/mol. The molecule has 0 bridgehead atoms. The minimum Gasteiger partial charge on any atom is -0.445 e. The third kappa shape index (κ3) is 5.28. The summed E-state index contributed by atoms with van der Waals surface area (Å²) in [4.78, 5) is 37.4. The van der Waals surface area contributed by atoms with Crippen LogP contribution in [0.1, 0.15) is 44.6 Å². The third-order valence-electron chi connectivity index (χ3n) is 7.40. The van der Waals surface area contributed by atoms with Crippen LogP contribution in [-0.4, -0.2) is 47.5 Å². The first kappa shape index (κ1) is 26.9. The van der Waals surface area contributed by atoms with E-state index in [-0.39, 0.29) is 42.6 Å². The summed E-state index contributed by atoms with van der Waals surface area (Å²) in [6.45, 7) is 1.98. The van der Waals surface area contributed by atoms with Gasteiger partial charge in [-0.25, -0.2) is 13.2 Å². The lowest BCUT2D eigenvalue weighted by Gasteiger charge is -2.28. The van der Waals surface area contributed by atoms with Crippen molar-refractivity contribution < 1.29 is 27.5 Å². The molecule has 206 valence electrons. The van der Waals surface area contributed by atoms with Crippen molar-refractivity contribution >= 4 is 32.9 Å². The molecule has 1 saturated carbocycles. The van der Waals surface area contributed by atoms with Gasteiger partial charge >= 0.3 is 12.1 Å². The van der Waals surface area contributed by atoms with E-state index in [1.165, 1.54) is 27.2 Å². The number of nitrogens with zero attached hydrogens (tertiary/aromatic N) is 2. The standard InChI is InChI=1S/C28H31N3O7S/c1-2-7-25(32)38-19-30-16-12-21-22(26(30)33)10-6-11-23(21)39(35,36)31-17-13-24(28(31)14-15-28)29-27(34)37-18-20-8-4-3-5-9-20/h3-6,8-12,16,24H,2,7,13-15,17-19H2,1H3,(H,29,34). The number of nitrogens with one attached hydrogen (secondary N) is 1. The lowest BCUT2D eigenvalue weighted by atomic mass is 10.1. The summed E-state index contributed by atoms with van der Waals surface area (Å²) >= 11 is 0. The Morgan fingerprint density at radius 3 is 2.51 bits per heavy atom. The van der Waals surface area contributed by atoms with Crippen molar-refractivity contribution in [2.24, 2.45) is 0 Å². The first-order chi connectivity index (χ1) is 18.8. The van der Waals surface area contributed by atoms with Crippen molar-refractivity contribution in [1.29, 1.82) is 0 Å². The number of sulfonamides is 1. The molecule has 1 spiro atoms. The summed E-state index contributed by atoms with van der Waals surface area (Å²) in [5.74, 6) is -0.406. The van der Waals surface area contributed by atoms with Crippen LogP contribution in [0.25, 0.3) is 10.8 Å². The fourth-order valence-corrected chi connectivity index (χ4v) is 7.34. The van der Waals surface area contributed by atoms with E-state index in [0.29, 0.717) is 31.1 Å². The molecule has 0 radical (unpaired) electrons. The van der Waals surface area contributed by atoms with E-state index in [1.807, 2.05) is 37.3 Å². The first-order valence-corrected chi connectivity index (χ1v) is 14.5. The molecule has 2 fully saturated rings. The molecule has 11 heteroatoms. The molecule has 1 atom stereocenters. The van der Waals surface area contributed by atoms with Gasteiger partial charge < -0.3 is 14.8 Å². The Morgan fingerprint density at radius 2 is 1.79 bits per heavy atom. The maximum atomic E-state index is 13.9. The second-order valence-electron chi connectivity index (χ2n) is 9.93. The predicted octanol–water partition coefficient (Wildman–Crippen LogP) is 3.52. The van der Waals surface area contributed by atoms with Gasteiger partial charge in [0.05, 0.1) is 16.5 Å². The van der Waals surface area contributed by atoms with Crippen molar-refractivity contribution in [2.75, 3.05) is 6.54 Å². The van der Waals surface area contributed by atoms with Gasteiger partial charge in [0, 0.05) is 29.9 Å². The van der Waals surface area contributed by atoms with Gasteiger partial charge in [0.1, 0.15) is 6.61 Å². The molecule has 39 heavy (non-hydrogen) atoms. The Labute approximate surface area is 226 Å². The van der Waals surface area contributed by atoms with Gasteiger partial charge in [-0.2, -0.15) is 4.31 Å². The monoisotopic (exact) mass is 553 g/mol. The van der Waals surface area contributed by atoms with Crippen LogP contribution in [0, 0.1) is 0 Å². The summed E-state index contributed by atoms with van der Waals surface area (Å²) in [7, 11) is -3.99. The van der Waals surface area contributed by atoms with Crippen LogP contribution in [0.15, 0.2) is 70.5 Å². The minimum absolute atomic E-state index is 0.0332. The Hall–Kier alpha value is -3.70. The highest BCUT2D eigenvalue weighted by Gasteiger charge is 2.62. The number of esters is 1. The van der Waals surface area contributed by atoms with E-state index < -0.39 is 33.2 Å². The molecule has 1 unspecified atom stereocenters. The number of carbonyl (C=O) groups excluding carboxylic acids is 2. The second kappa shape index (κ2) is 10.8. The summed E-state index contributed by atoms with van der Waals surface area (Å²) in [6.07, 6.45) is 3.44. The second-order valence-corrected chi connectivity index (χ2v) is 11.8. The zero-order chi connectivity index (χ0) is 27.6. The third-order valence-corrected chi connectivity index (χ3v) is 9.44. The number of carbonyl (C=O) groups is 2. The van der Waals surface area contributed by atoms with Crippen LogP contribution in [0.5, 0.6) is 0 Å². The van der Waals surface area contributed by atoms with Crippen molar-refractivity contribution in [3.05, 3.63) is 76.7 Å². The zero-order valence-electron chi connectivity index (χ0n) is 21.7. The van der Waals surface area contributed by atoms with Gasteiger partial charge in [-0.15, -0.1) is 0 Å². The van der Waals surface area contributed by atoms with E-state index in [9.17, 15) is 22.8 Å². The molecule has 1 aliphatic carbocycles. The average Bonchev–Trinajstić information content (AvgIpc) is 3.64. The van der Waals surface area contributed by atoms with E-state index in [1.54, 1.807) is 12.1 Å². The highest BCUT2D eigenvalue weighted by atomic mass is 32.2. The first-order valence-electron chi connectivity index (χ1n) is 13.0. The van der Waals surface area contributed by atoms with E-state index in [2.05, 4.69) is 5.32 Å². The smallest absolute Gasteiger partial charge is 0.407 e. The number of hydrogen-bond acceptors (Lipinski definition) is 7. The zero-order valence-corrected chi connectivity index (χ0v) is 22.5. The molecule has 10 nitrogen and oxygen atoms in total. The number of fused-ring (bicyclic) bond motifs is 1. The van der Waals surface area contributed by atoms with E-state index in [0.717, 1.165) is 5.56 Å². The van der Waals surface area contributed by atoms with Crippen molar-refractivity contribution in [1.82, 2.24) is 14.2 Å². The SMILES string of the molecule is CCCC(=O)OCn1ccc2c(S(=O)(=O)N3CCC(NC(=O)OCc4ccccc4)C34CC4)cccc2c1=O. The summed E-state index contributed by atoms with van der Waals surface area (Å²) in [5, 5.41) is 3.39. The molecular formula is C28H31N3O7S. The molecule has 2 aliphatic rings. The minimum atomic E-state index is -3.99. The molecule has 1 aliphatic heterocycles. The fourth-order valence-electron chi connectivity index (χ4n) is 5.26. The number of rotatable bonds is 9. The molecule has 5 rings (SSSR count). The topological polar surface area (TPSA) is 124 Å². The maximum absolute atomic E-state index is 13.9. The van der Waals surface area contributed by atoms with Crippen LogP contribution in [0.3, 0.4) is 0 Å². The number of aromatic nitrogens is 1. The number of amides is 1. The largest absolute Gasteiger partial charge is 0.445 e. The molecule has 2 aromatic carbocycles. The Morgan fingerprint density at radius 1 is 1.03 bits per heavy atom. The quantitative estimate of drug-likeness (QED) is 0.402. The Kier molecular flexibility index (Phi) is 7.46. The van der Waals surface area contributed by atoms with Crippen LogP contribution in [0.2, 0.25) is 0 Å². The van der Waals surface area contributed by atoms with Gasteiger partial charge in [0.2, 0.25) is 10.0 Å². The highest BCUT2D eigenvalue weighted by Crippen LogP contribution is 2.52. The number of benzene rings is 2. The lowest BCUT2D eigenvalue weighted by molar-refractivity contribution is -0.147. The number of pyridine rings is 1. The van der Waals surface area contributed by atoms with Crippen molar-refractivity contribution in [3.8, 4) is 0 Å². The Bertz CT molecular complexity index is 1550. The molecule has 1 saturated heterocycles. The lowest BCUT2D eigenvalue weighted by Crippen LogP contribution is -2.48. The maximum Gasteiger partial charge on any atom is 0.407 e. The molecule has 1 amide bonds. The number of ether oxygens (including phenoxy) is 2. The van der Waals surface area contributed by atoms with Crippen LogP contribution >= 0.6 is 0 Å². The van der Waals surface area contributed by atoms with Gasteiger partial charge in [-0.1, -0.05) is 43.3 Å². The Balaban J connectivity index is 1.34. The average molecular weight is 554 g/mol. The van der Waals surface area contributed by atoms with Gasteiger partial charge in [-0.05, 0) is 49.4 Å². The highest BCUT2D eigenvalue weighted by molar-refractivity contribution is 7.89. The normalized spacial score (nSPS) is 18.2. The molecule has 2 heterocycles.